The van der Waals surface area contributed by atoms with E-state index in [4.69, 9.17) is 0 Å². The lowest BCUT2D eigenvalue weighted by atomic mass is 9.97. The smallest absolute Gasteiger partial charge is 0.254 e. The van der Waals surface area contributed by atoms with Gasteiger partial charge in [-0.15, -0.1) is 0 Å². The van der Waals surface area contributed by atoms with Gasteiger partial charge in [-0.3, -0.25) is 9.78 Å². The van der Waals surface area contributed by atoms with E-state index in [1.54, 1.807) is 12.4 Å². The molecule has 1 aliphatic rings. The van der Waals surface area contributed by atoms with E-state index < -0.39 is 0 Å². The third-order valence-corrected chi connectivity index (χ3v) is 3.80. The van der Waals surface area contributed by atoms with Crippen LogP contribution in [0.25, 0.3) is 11.1 Å². The molecule has 0 radical (unpaired) electrons. The number of benzene rings is 1. The van der Waals surface area contributed by atoms with Crippen molar-refractivity contribution in [3.8, 4) is 11.1 Å². The summed E-state index contributed by atoms with van der Waals surface area (Å²) in [6.45, 7) is 5.28. The first-order valence-corrected chi connectivity index (χ1v) is 7.27. The largest absolute Gasteiger partial charge is 0.336 e. The van der Waals surface area contributed by atoms with Gasteiger partial charge in [0.25, 0.3) is 5.91 Å². The molecule has 21 heavy (non-hydrogen) atoms. The number of carbonyl (C=O) groups is 1. The first-order valence-electron chi connectivity index (χ1n) is 7.27. The average Bonchev–Trinajstić information content (AvgIpc) is 2.56. The van der Waals surface area contributed by atoms with E-state index in [1.807, 2.05) is 42.2 Å². The van der Waals surface area contributed by atoms with E-state index >= 15 is 0 Å². The molecule has 2 aromatic rings. The molecular formula is C17H19N3O. The Morgan fingerprint density at radius 1 is 1.14 bits per heavy atom. The van der Waals surface area contributed by atoms with Gasteiger partial charge in [-0.1, -0.05) is 17.7 Å². The quantitative estimate of drug-likeness (QED) is 0.917. The Kier molecular flexibility index (Phi) is 3.97. The molecule has 1 saturated heterocycles. The lowest BCUT2D eigenvalue weighted by Crippen LogP contribution is -2.46. The molecule has 1 aliphatic heterocycles. The Morgan fingerprint density at radius 2 is 1.86 bits per heavy atom. The van der Waals surface area contributed by atoms with Crippen molar-refractivity contribution in [2.45, 2.75) is 6.92 Å². The van der Waals surface area contributed by atoms with Crippen LogP contribution in [0.5, 0.6) is 0 Å². The van der Waals surface area contributed by atoms with Crippen LogP contribution in [0.4, 0.5) is 0 Å². The molecular weight excluding hydrogens is 262 g/mol. The van der Waals surface area contributed by atoms with Crippen LogP contribution in [-0.4, -0.2) is 42.0 Å². The minimum absolute atomic E-state index is 0.118. The third-order valence-electron chi connectivity index (χ3n) is 3.80. The first-order chi connectivity index (χ1) is 10.3. The molecule has 0 aliphatic carbocycles. The summed E-state index contributed by atoms with van der Waals surface area (Å²) in [4.78, 5) is 18.8. The molecule has 0 spiro atoms. The van der Waals surface area contributed by atoms with E-state index in [0.717, 1.165) is 48.4 Å². The number of hydrogen-bond acceptors (Lipinski definition) is 3. The van der Waals surface area contributed by atoms with Crippen LogP contribution in [0.1, 0.15) is 15.9 Å². The number of hydrogen-bond donors (Lipinski definition) is 1. The standard InChI is InChI=1S/C17H19N3O/c1-13-2-3-15(14-4-6-18-7-5-14)16(12-13)17(21)20-10-8-19-9-11-20/h2-7,12,19H,8-11H2,1H3. The number of nitrogens with zero attached hydrogens (tertiary/aromatic N) is 2. The summed E-state index contributed by atoms with van der Waals surface area (Å²) in [5.74, 6) is 0.118. The van der Waals surface area contributed by atoms with Crippen molar-refractivity contribution < 1.29 is 4.79 Å². The molecule has 0 atom stereocenters. The Morgan fingerprint density at radius 3 is 2.57 bits per heavy atom. The molecule has 2 heterocycles. The van der Waals surface area contributed by atoms with Crippen molar-refractivity contribution in [2.24, 2.45) is 0 Å². The molecule has 1 amide bonds. The van der Waals surface area contributed by atoms with E-state index in [1.165, 1.54) is 0 Å². The van der Waals surface area contributed by atoms with Gasteiger partial charge >= 0.3 is 0 Å². The van der Waals surface area contributed by atoms with Crippen molar-refractivity contribution >= 4 is 5.91 Å². The monoisotopic (exact) mass is 281 g/mol. The van der Waals surface area contributed by atoms with Crippen LogP contribution in [0.3, 0.4) is 0 Å². The van der Waals surface area contributed by atoms with Crippen LogP contribution >= 0.6 is 0 Å². The SMILES string of the molecule is Cc1ccc(-c2ccncc2)c(C(=O)N2CCNCC2)c1. The number of aromatic nitrogens is 1. The molecule has 0 unspecified atom stereocenters. The topological polar surface area (TPSA) is 45.2 Å². The number of aryl methyl sites for hydroxylation is 1. The van der Waals surface area contributed by atoms with E-state index in [9.17, 15) is 4.79 Å². The number of rotatable bonds is 2. The Hall–Kier alpha value is -2.20. The maximum Gasteiger partial charge on any atom is 0.254 e. The summed E-state index contributed by atoms with van der Waals surface area (Å²) >= 11 is 0. The third kappa shape index (κ3) is 2.95. The highest BCUT2D eigenvalue weighted by Gasteiger charge is 2.21. The first kappa shape index (κ1) is 13.8. The van der Waals surface area contributed by atoms with E-state index in [-0.39, 0.29) is 5.91 Å². The van der Waals surface area contributed by atoms with Crippen LogP contribution in [0, 0.1) is 6.92 Å². The van der Waals surface area contributed by atoms with Crippen molar-refractivity contribution in [1.82, 2.24) is 15.2 Å². The predicted octanol–water partition coefficient (Wildman–Crippen LogP) is 2.10. The molecule has 1 fully saturated rings. The average molecular weight is 281 g/mol. The van der Waals surface area contributed by atoms with E-state index in [2.05, 4.69) is 10.3 Å². The molecule has 1 aromatic carbocycles. The van der Waals surface area contributed by atoms with Crippen LogP contribution in [0.2, 0.25) is 0 Å². The van der Waals surface area contributed by atoms with Gasteiger partial charge in [0.15, 0.2) is 0 Å². The normalized spacial score (nSPS) is 15.0. The number of piperazine rings is 1. The lowest BCUT2D eigenvalue weighted by molar-refractivity contribution is 0.0736. The van der Waals surface area contributed by atoms with Gasteiger partial charge < -0.3 is 10.2 Å². The molecule has 4 nitrogen and oxygen atoms in total. The second-order valence-electron chi connectivity index (χ2n) is 5.33. The van der Waals surface area contributed by atoms with Crippen molar-refractivity contribution in [3.63, 3.8) is 0 Å². The Balaban J connectivity index is 2.00. The van der Waals surface area contributed by atoms with Crippen LogP contribution in [0.15, 0.2) is 42.7 Å². The molecule has 1 aromatic heterocycles. The molecule has 108 valence electrons. The van der Waals surface area contributed by atoms with Crippen molar-refractivity contribution in [1.29, 1.82) is 0 Å². The lowest BCUT2D eigenvalue weighted by Gasteiger charge is -2.28. The zero-order valence-corrected chi connectivity index (χ0v) is 12.2. The maximum atomic E-state index is 12.8. The second-order valence-corrected chi connectivity index (χ2v) is 5.33. The number of amides is 1. The van der Waals surface area contributed by atoms with Gasteiger partial charge in [0.05, 0.1) is 0 Å². The summed E-state index contributed by atoms with van der Waals surface area (Å²) < 4.78 is 0. The molecule has 0 saturated carbocycles. The summed E-state index contributed by atoms with van der Waals surface area (Å²) in [5, 5.41) is 3.28. The van der Waals surface area contributed by atoms with Crippen molar-refractivity contribution in [3.05, 3.63) is 53.9 Å². The molecule has 3 rings (SSSR count). The van der Waals surface area contributed by atoms with E-state index in [0.29, 0.717) is 0 Å². The van der Waals surface area contributed by atoms with Gasteiger partial charge in [0, 0.05) is 44.1 Å². The second kappa shape index (κ2) is 6.06. The zero-order chi connectivity index (χ0) is 14.7. The van der Waals surface area contributed by atoms with Crippen molar-refractivity contribution in [2.75, 3.05) is 26.2 Å². The highest BCUT2D eigenvalue weighted by Crippen LogP contribution is 2.25. The summed E-state index contributed by atoms with van der Waals surface area (Å²) in [6, 6.07) is 9.95. The fourth-order valence-electron chi connectivity index (χ4n) is 2.66. The molecule has 0 bridgehead atoms. The van der Waals surface area contributed by atoms with Gasteiger partial charge in [-0.05, 0) is 36.2 Å². The van der Waals surface area contributed by atoms with Gasteiger partial charge in [0.1, 0.15) is 0 Å². The fourth-order valence-corrected chi connectivity index (χ4v) is 2.66. The summed E-state index contributed by atoms with van der Waals surface area (Å²) in [6.07, 6.45) is 3.52. The fraction of sp³-hybridized carbons (Fsp3) is 0.294. The zero-order valence-electron chi connectivity index (χ0n) is 12.2. The summed E-state index contributed by atoms with van der Waals surface area (Å²) in [7, 11) is 0. The number of pyridine rings is 1. The highest BCUT2D eigenvalue weighted by molar-refractivity contribution is 6.01. The highest BCUT2D eigenvalue weighted by atomic mass is 16.2. The van der Waals surface area contributed by atoms with Gasteiger partial charge in [-0.25, -0.2) is 0 Å². The number of carbonyl (C=O) groups excluding carboxylic acids is 1. The van der Waals surface area contributed by atoms with Gasteiger partial charge in [0.2, 0.25) is 0 Å². The van der Waals surface area contributed by atoms with Gasteiger partial charge in [-0.2, -0.15) is 0 Å². The molecule has 1 N–H and O–H groups in total. The minimum atomic E-state index is 0.118. The van der Waals surface area contributed by atoms with Crippen LogP contribution < -0.4 is 5.32 Å². The maximum absolute atomic E-state index is 12.8. The molecule has 4 heteroatoms. The van der Waals surface area contributed by atoms with Crippen LogP contribution in [-0.2, 0) is 0 Å². The minimum Gasteiger partial charge on any atom is -0.336 e. The Labute approximate surface area is 124 Å². The predicted molar refractivity (Wildman–Crippen MR) is 83.2 cm³/mol. The Bertz CT molecular complexity index is 634. The summed E-state index contributed by atoms with van der Waals surface area (Å²) in [5.41, 5.74) is 3.89. The number of nitrogens with one attached hydrogen (secondary N) is 1.